The molecule has 2 N–H and O–H groups in total. The van der Waals surface area contributed by atoms with Crippen molar-refractivity contribution >= 4 is 17.4 Å². The Morgan fingerprint density at radius 3 is 3.06 bits per heavy atom. The molecule has 1 aromatic heterocycles. The minimum Gasteiger partial charge on any atom is -0.396 e. The second-order valence-corrected chi connectivity index (χ2v) is 3.48. The minimum absolute atomic E-state index is 0.00972. The lowest BCUT2D eigenvalue weighted by Gasteiger charge is -2.17. The lowest BCUT2D eigenvalue weighted by atomic mass is 10.2. The fourth-order valence-electron chi connectivity index (χ4n) is 1.19. The van der Waals surface area contributed by atoms with E-state index in [1.165, 1.54) is 7.11 Å². The third kappa shape index (κ3) is 3.88. The molecule has 0 radical (unpaired) electrons. The minimum atomic E-state index is -0.594. The summed E-state index contributed by atoms with van der Waals surface area (Å²) < 4.78 is 18.2. The summed E-state index contributed by atoms with van der Waals surface area (Å²) in [6.07, 6.45) is 1.41. The first kappa shape index (κ1) is 13.1. The topological polar surface area (TPSA) is 67.3 Å². The number of halogens is 2. The van der Waals surface area contributed by atoms with Crippen LogP contribution in [0.1, 0.15) is 6.42 Å². The zero-order valence-corrected chi connectivity index (χ0v) is 9.54. The molecule has 0 fully saturated rings. The van der Waals surface area contributed by atoms with Gasteiger partial charge in [-0.3, -0.25) is 0 Å². The molecular weight excluding hydrogens is 237 g/mol. The SMILES string of the molecule is COCC(CCO)Nc1nc(Cl)ncc1F. The van der Waals surface area contributed by atoms with Gasteiger partial charge in [-0.25, -0.2) is 9.37 Å². The van der Waals surface area contributed by atoms with Crippen LogP contribution in [-0.4, -0.2) is 41.4 Å². The highest BCUT2D eigenvalue weighted by molar-refractivity contribution is 6.28. The number of hydrogen-bond acceptors (Lipinski definition) is 5. The van der Waals surface area contributed by atoms with E-state index >= 15 is 0 Å². The average Bonchev–Trinajstić information content (AvgIpc) is 2.24. The summed E-state index contributed by atoms with van der Waals surface area (Å²) in [4.78, 5) is 7.21. The van der Waals surface area contributed by atoms with Crippen molar-refractivity contribution in [3.8, 4) is 0 Å². The molecule has 7 heteroatoms. The van der Waals surface area contributed by atoms with Gasteiger partial charge in [-0.2, -0.15) is 4.98 Å². The number of hydrogen-bond donors (Lipinski definition) is 2. The number of nitrogens with one attached hydrogen (secondary N) is 1. The maximum absolute atomic E-state index is 13.3. The number of aromatic nitrogens is 2. The van der Waals surface area contributed by atoms with Crippen LogP contribution >= 0.6 is 11.6 Å². The van der Waals surface area contributed by atoms with Crippen LogP contribution in [0.4, 0.5) is 10.2 Å². The molecule has 16 heavy (non-hydrogen) atoms. The lowest BCUT2D eigenvalue weighted by molar-refractivity contribution is 0.170. The second-order valence-electron chi connectivity index (χ2n) is 3.14. The molecule has 1 rings (SSSR count). The van der Waals surface area contributed by atoms with Gasteiger partial charge in [-0.05, 0) is 18.0 Å². The molecule has 1 aromatic rings. The van der Waals surface area contributed by atoms with Crippen molar-refractivity contribution in [1.82, 2.24) is 9.97 Å². The molecule has 0 aliphatic heterocycles. The molecule has 0 amide bonds. The summed E-state index contributed by atoms with van der Waals surface area (Å²) in [6.45, 7) is 0.309. The molecule has 1 unspecified atom stereocenters. The third-order valence-corrected chi connectivity index (χ3v) is 2.08. The maximum atomic E-state index is 13.3. The highest BCUT2D eigenvalue weighted by Gasteiger charge is 2.12. The van der Waals surface area contributed by atoms with E-state index in [2.05, 4.69) is 15.3 Å². The number of ether oxygens (including phenoxy) is 1. The van der Waals surface area contributed by atoms with Crippen LogP contribution in [-0.2, 0) is 4.74 Å². The van der Waals surface area contributed by atoms with Gasteiger partial charge in [0.05, 0.1) is 18.8 Å². The highest BCUT2D eigenvalue weighted by Crippen LogP contribution is 2.14. The van der Waals surface area contributed by atoms with Gasteiger partial charge in [-0.1, -0.05) is 0 Å². The first-order valence-corrected chi connectivity index (χ1v) is 5.09. The molecule has 0 spiro atoms. The van der Waals surface area contributed by atoms with Gasteiger partial charge < -0.3 is 15.2 Å². The third-order valence-electron chi connectivity index (χ3n) is 1.90. The van der Waals surface area contributed by atoms with E-state index in [0.29, 0.717) is 13.0 Å². The summed E-state index contributed by atoms with van der Waals surface area (Å²) in [5.74, 6) is -0.584. The number of aliphatic hydroxyl groups excluding tert-OH is 1. The van der Waals surface area contributed by atoms with Crippen LogP contribution < -0.4 is 5.32 Å². The van der Waals surface area contributed by atoms with Crippen LogP contribution in [0.15, 0.2) is 6.20 Å². The van der Waals surface area contributed by atoms with Crippen molar-refractivity contribution in [1.29, 1.82) is 0 Å². The van der Waals surface area contributed by atoms with Crippen molar-refractivity contribution in [2.24, 2.45) is 0 Å². The smallest absolute Gasteiger partial charge is 0.224 e. The Labute approximate surface area is 97.6 Å². The van der Waals surface area contributed by atoms with E-state index in [1.54, 1.807) is 0 Å². The fraction of sp³-hybridized carbons (Fsp3) is 0.556. The van der Waals surface area contributed by atoms with Gasteiger partial charge in [0, 0.05) is 13.7 Å². The van der Waals surface area contributed by atoms with E-state index in [0.717, 1.165) is 6.20 Å². The Bertz CT molecular complexity index is 335. The average molecular weight is 250 g/mol. The molecular formula is C9H13ClFN3O2. The predicted molar refractivity (Wildman–Crippen MR) is 58.0 cm³/mol. The zero-order chi connectivity index (χ0) is 12.0. The van der Waals surface area contributed by atoms with Crippen LogP contribution in [0.2, 0.25) is 5.28 Å². The van der Waals surface area contributed by atoms with Crippen LogP contribution in [0.5, 0.6) is 0 Å². The second kappa shape index (κ2) is 6.57. The van der Waals surface area contributed by atoms with Crippen molar-refractivity contribution < 1.29 is 14.2 Å². The molecule has 90 valence electrons. The van der Waals surface area contributed by atoms with Crippen LogP contribution in [0.25, 0.3) is 0 Å². The Kier molecular flexibility index (Phi) is 5.37. The Balaban J connectivity index is 2.71. The largest absolute Gasteiger partial charge is 0.396 e. The highest BCUT2D eigenvalue weighted by atomic mass is 35.5. The number of rotatable bonds is 6. The Morgan fingerprint density at radius 2 is 2.44 bits per heavy atom. The summed E-state index contributed by atoms with van der Waals surface area (Å²) in [5, 5.41) is 11.6. The molecule has 0 bridgehead atoms. The molecule has 1 atom stereocenters. The van der Waals surface area contributed by atoms with Gasteiger partial charge >= 0.3 is 0 Å². The molecule has 0 saturated heterocycles. The lowest BCUT2D eigenvalue weighted by Crippen LogP contribution is -2.27. The molecule has 0 aromatic carbocycles. The maximum Gasteiger partial charge on any atom is 0.224 e. The van der Waals surface area contributed by atoms with E-state index in [-0.39, 0.29) is 23.8 Å². The number of nitrogens with zero attached hydrogens (tertiary/aromatic N) is 2. The van der Waals surface area contributed by atoms with E-state index in [9.17, 15) is 4.39 Å². The Morgan fingerprint density at radius 1 is 1.69 bits per heavy atom. The molecule has 1 heterocycles. The van der Waals surface area contributed by atoms with Crippen molar-refractivity contribution in [2.75, 3.05) is 25.6 Å². The summed E-state index contributed by atoms with van der Waals surface area (Å²) in [6, 6.07) is -0.226. The van der Waals surface area contributed by atoms with Gasteiger partial charge in [-0.15, -0.1) is 0 Å². The molecule has 0 aliphatic carbocycles. The number of aliphatic hydroxyl groups is 1. The van der Waals surface area contributed by atoms with Gasteiger partial charge in [0.15, 0.2) is 11.6 Å². The van der Waals surface area contributed by atoms with E-state index in [1.807, 2.05) is 0 Å². The molecule has 0 aliphatic rings. The van der Waals surface area contributed by atoms with Crippen molar-refractivity contribution in [3.63, 3.8) is 0 Å². The predicted octanol–water partition coefficient (Wildman–Crippen LogP) is 1.08. The fourth-order valence-corrected chi connectivity index (χ4v) is 1.33. The van der Waals surface area contributed by atoms with E-state index in [4.69, 9.17) is 21.4 Å². The number of methoxy groups -OCH3 is 1. The number of anilines is 1. The standard InChI is InChI=1S/C9H13ClFN3O2/c1-16-5-6(2-3-15)13-8-7(11)4-12-9(10)14-8/h4,6,15H,2-3,5H2,1H3,(H,12,13,14). The zero-order valence-electron chi connectivity index (χ0n) is 8.78. The summed E-state index contributed by atoms with van der Waals surface area (Å²) >= 11 is 5.54. The van der Waals surface area contributed by atoms with Gasteiger partial charge in [0.25, 0.3) is 0 Å². The van der Waals surface area contributed by atoms with Crippen molar-refractivity contribution in [2.45, 2.75) is 12.5 Å². The molecule has 5 nitrogen and oxygen atoms in total. The van der Waals surface area contributed by atoms with Gasteiger partial charge in [0.1, 0.15) is 0 Å². The van der Waals surface area contributed by atoms with E-state index < -0.39 is 5.82 Å². The first-order valence-electron chi connectivity index (χ1n) is 4.71. The Hall–Kier alpha value is -0.980. The van der Waals surface area contributed by atoms with Crippen molar-refractivity contribution in [3.05, 3.63) is 17.3 Å². The van der Waals surface area contributed by atoms with Crippen LogP contribution in [0, 0.1) is 5.82 Å². The molecule has 0 saturated carbocycles. The van der Waals surface area contributed by atoms with Crippen LogP contribution in [0.3, 0.4) is 0 Å². The normalized spacial score (nSPS) is 12.5. The quantitative estimate of drug-likeness (QED) is 0.739. The monoisotopic (exact) mass is 249 g/mol. The summed E-state index contributed by atoms with van der Waals surface area (Å²) in [5.41, 5.74) is 0. The first-order chi connectivity index (χ1) is 7.67. The summed E-state index contributed by atoms with van der Waals surface area (Å²) in [7, 11) is 1.52. The van der Waals surface area contributed by atoms with Gasteiger partial charge in [0.2, 0.25) is 5.28 Å².